The van der Waals surface area contributed by atoms with Crippen molar-refractivity contribution in [2.24, 2.45) is 0 Å². The lowest BCUT2D eigenvalue weighted by Gasteiger charge is -2.41. The minimum Gasteiger partial charge on any atom is -0.377 e. The number of hydrogen-bond donors (Lipinski definition) is 1. The van der Waals surface area contributed by atoms with Gasteiger partial charge in [-0.25, -0.2) is 9.97 Å². The quantitative estimate of drug-likeness (QED) is 0.755. The van der Waals surface area contributed by atoms with Crippen molar-refractivity contribution >= 4 is 41.7 Å². The average molecular weight is 427 g/mol. The number of anilines is 1. The SMILES string of the molecule is Cc1nc(N2CCOC3(CNCCOC3)C2)nc2cc3c(cc12)CCC3.Cl.Cl. The predicted molar refractivity (Wildman–Crippen MR) is 115 cm³/mol. The van der Waals surface area contributed by atoms with E-state index in [0.717, 1.165) is 49.9 Å². The standard InChI is InChI=1S/C20H26N4O2.2ClH/c1-14-17-9-15-3-2-4-16(15)10-18(17)23-19(22-14)24-6-8-26-20(12-24)11-21-5-7-25-13-20;;/h9-10,21H,2-8,11-13H2,1H3;2*1H. The molecule has 28 heavy (non-hydrogen) atoms. The molecule has 6 nitrogen and oxygen atoms in total. The van der Waals surface area contributed by atoms with Crippen LogP contribution in [0, 0.1) is 6.92 Å². The third-order valence-corrected chi connectivity index (χ3v) is 5.85. The monoisotopic (exact) mass is 426 g/mol. The summed E-state index contributed by atoms with van der Waals surface area (Å²) < 4.78 is 11.9. The predicted octanol–water partition coefficient (Wildman–Crippen LogP) is 2.47. The fourth-order valence-corrected chi connectivity index (χ4v) is 4.46. The van der Waals surface area contributed by atoms with Gasteiger partial charge in [0.25, 0.3) is 0 Å². The molecule has 0 amide bonds. The van der Waals surface area contributed by atoms with Gasteiger partial charge in [0.15, 0.2) is 0 Å². The summed E-state index contributed by atoms with van der Waals surface area (Å²) in [4.78, 5) is 12.1. The second kappa shape index (κ2) is 8.67. The zero-order chi connectivity index (χ0) is 17.6. The number of hydrogen-bond acceptors (Lipinski definition) is 6. The summed E-state index contributed by atoms with van der Waals surface area (Å²) in [6.45, 7) is 7.40. The Kier molecular flexibility index (Phi) is 6.67. The van der Waals surface area contributed by atoms with Crippen LogP contribution in [0.15, 0.2) is 12.1 Å². The van der Waals surface area contributed by atoms with E-state index < -0.39 is 0 Å². The van der Waals surface area contributed by atoms with Gasteiger partial charge in [-0.05, 0) is 49.4 Å². The maximum atomic E-state index is 6.13. The first kappa shape index (κ1) is 21.5. The lowest BCUT2D eigenvalue weighted by molar-refractivity contribution is -0.0915. The number of aromatic nitrogens is 2. The van der Waals surface area contributed by atoms with Gasteiger partial charge < -0.3 is 19.7 Å². The molecular weight excluding hydrogens is 399 g/mol. The van der Waals surface area contributed by atoms with Crippen molar-refractivity contribution in [2.45, 2.75) is 31.8 Å². The Bertz CT molecular complexity index is 841. The smallest absolute Gasteiger partial charge is 0.226 e. The van der Waals surface area contributed by atoms with E-state index in [0.29, 0.717) is 13.2 Å². The van der Waals surface area contributed by atoms with Crippen LogP contribution in [0.4, 0.5) is 5.95 Å². The molecule has 1 unspecified atom stereocenters. The topological polar surface area (TPSA) is 59.5 Å². The molecule has 1 spiro atoms. The maximum Gasteiger partial charge on any atom is 0.226 e. The Balaban J connectivity index is 0.00000112. The summed E-state index contributed by atoms with van der Waals surface area (Å²) in [5, 5.41) is 4.62. The fourth-order valence-electron chi connectivity index (χ4n) is 4.46. The zero-order valence-electron chi connectivity index (χ0n) is 16.2. The lowest BCUT2D eigenvalue weighted by Crippen LogP contribution is -2.58. The Morgan fingerprint density at radius 2 is 1.93 bits per heavy atom. The highest BCUT2D eigenvalue weighted by atomic mass is 35.5. The Morgan fingerprint density at radius 3 is 2.79 bits per heavy atom. The normalized spacial score (nSPS) is 24.4. The molecule has 2 saturated heterocycles. The summed E-state index contributed by atoms with van der Waals surface area (Å²) in [5.74, 6) is 0.819. The highest BCUT2D eigenvalue weighted by molar-refractivity contribution is 5.86. The summed E-state index contributed by atoms with van der Waals surface area (Å²) in [6, 6.07) is 4.59. The van der Waals surface area contributed by atoms with Crippen LogP contribution in [-0.4, -0.2) is 61.6 Å². The molecule has 1 aromatic carbocycles. The van der Waals surface area contributed by atoms with Crippen LogP contribution in [0.2, 0.25) is 0 Å². The molecule has 1 N–H and O–H groups in total. The van der Waals surface area contributed by atoms with Gasteiger partial charge in [0, 0.05) is 25.0 Å². The van der Waals surface area contributed by atoms with E-state index in [1.807, 2.05) is 0 Å². The number of nitrogens with one attached hydrogen (secondary N) is 1. The third-order valence-electron chi connectivity index (χ3n) is 5.85. The van der Waals surface area contributed by atoms with E-state index in [2.05, 4.69) is 29.3 Å². The van der Waals surface area contributed by atoms with Gasteiger partial charge in [-0.15, -0.1) is 24.8 Å². The number of fused-ring (bicyclic) bond motifs is 2. The minimum atomic E-state index is -0.307. The number of halogens is 2. The molecule has 1 atom stereocenters. The third kappa shape index (κ3) is 3.94. The molecule has 0 saturated carbocycles. The number of nitrogens with zero attached hydrogens (tertiary/aromatic N) is 3. The fraction of sp³-hybridized carbons (Fsp3) is 0.600. The van der Waals surface area contributed by atoms with Crippen molar-refractivity contribution in [2.75, 3.05) is 50.9 Å². The van der Waals surface area contributed by atoms with Crippen LogP contribution < -0.4 is 10.2 Å². The molecule has 2 aromatic rings. The second-order valence-electron chi connectivity index (χ2n) is 7.78. The van der Waals surface area contributed by atoms with Crippen molar-refractivity contribution in [3.63, 3.8) is 0 Å². The van der Waals surface area contributed by atoms with Crippen LogP contribution in [0.5, 0.6) is 0 Å². The molecule has 2 aliphatic heterocycles. The van der Waals surface area contributed by atoms with Crippen LogP contribution in [0.1, 0.15) is 23.2 Å². The first-order valence-corrected chi connectivity index (χ1v) is 9.70. The van der Waals surface area contributed by atoms with Gasteiger partial charge in [0.2, 0.25) is 5.95 Å². The molecule has 0 radical (unpaired) electrons. The Hall–Kier alpha value is -1.18. The average Bonchev–Trinajstić information content (AvgIpc) is 2.99. The number of benzene rings is 1. The highest BCUT2D eigenvalue weighted by Gasteiger charge is 2.39. The molecule has 2 fully saturated rings. The Morgan fingerprint density at radius 1 is 1.11 bits per heavy atom. The zero-order valence-corrected chi connectivity index (χ0v) is 17.8. The second-order valence-corrected chi connectivity index (χ2v) is 7.78. The van der Waals surface area contributed by atoms with E-state index >= 15 is 0 Å². The molecule has 1 aliphatic carbocycles. The van der Waals surface area contributed by atoms with Gasteiger partial charge in [0.1, 0.15) is 5.60 Å². The number of aryl methyl sites for hydroxylation is 3. The lowest BCUT2D eigenvalue weighted by atomic mass is 10.0. The van der Waals surface area contributed by atoms with Crippen molar-refractivity contribution in [1.82, 2.24) is 15.3 Å². The first-order valence-electron chi connectivity index (χ1n) is 9.70. The summed E-state index contributed by atoms with van der Waals surface area (Å²) in [6.07, 6.45) is 3.61. The molecule has 154 valence electrons. The summed E-state index contributed by atoms with van der Waals surface area (Å²) in [5.41, 5.74) is 4.77. The number of rotatable bonds is 1. The molecule has 0 bridgehead atoms. The summed E-state index contributed by atoms with van der Waals surface area (Å²) >= 11 is 0. The minimum absolute atomic E-state index is 0. The largest absolute Gasteiger partial charge is 0.377 e. The molecule has 3 aliphatic rings. The Labute approximate surface area is 178 Å². The molecule has 8 heteroatoms. The van der Waals surface area contributed by atoms with Crippen LogP contribution in [-0.2, 0) is 22.3 Å². The van der Waals surface area contributed by atoms with Crippen molar-refractivity contribution < 1.29 is 9.47 Å². The first-order chi connectivity index (χ1) is 12.7. The molecule has 3 heterocycles. The number of morpholine rings is 1. The van der Waals surface area contributed by atoms with Gasteiger partial charge >= 0.3 is 0 Å². The van der Waals surface area contributed by atoms with E-state index in [-0.39, 0.29) is 30.4 Å². The van der Waals surface area contributed by atoms with E-state index in [4.69, 9.17) is 19.4 Å². The van der Waals surface area contributed by atoms with E-state index in [9.17, 15) is 0 Å². The highest BCUT2D eigenvalue weighted by Crippen LogP contribution is 2.30. The van der Waals surface area contributed by atoms with Gasteiger partial charge in [0.05, 0.1) is 37.6 Å². The molecular formula is C20H28Cl2N4O2. The van der Waals surface area contributed by atoms with Crippen molar-refractivity contribution in [3.05, 3.63) is 29.0 Å². The van der Waals surface area contributed by atoms with Gasteiger partial charge in [-0.3, -0.25) is 0 Å². The van der Waals surface area contributed by atoms with E-state index in [1.165, 1.54) is 35.8 Å². The molecule has 5 rings (SSSR count). The van der Waals surface area contributed by atoms with Crippen molar-refractivity contribution in [3.8, 4) is 0 Å². The van der Waals surface area contributed by atoms with Crippen LogP contribution in [0.3, 0.4) is 0 Å². The van der Waals surface area contributed by atoms with Crippen LogP contribution >= 0.6 is 24.8 Å². The number of ether oxygens (including phenoxy) is 2. The summed E-state index contributed by atoms with van der Waals surface area (Å²) in [7, 11) is 0. The van der Waals surface area contributed by atoms with Crippen molar-refractivity contribution in [1.29, 1.82) is 0 Å². The van der Waals surface area contributed by atoms with Crippen LogP contribution in [0.25, 0.3) is 10.9 Å². The maximum absolute atomic E-state index is 6.13. The van der Waals surface area contributed by atoms with Gasteiger partial charge in [-0.1, -0.05) is 0 Å². The van der Waals surface area contributed by atoms with E-state index in [1.54, 1.807) is 0 Å². The molecule has 1 aromatic heterocycles. The van der Waals surface area contributed by atoms with Gasteiger partial charge in [-0.2, -0.15) is 0 Å².